The van der Waals surface area contributed by atoms with Gasteiger partial charge in [-0.2, -0.15) is 0 Å². The largest absolute Gasteiger partial charge is 0.492 e. The highest BCUT2D eigenvalue weighted by Crippen LogP contribution is 2.22. The van der Waals surface area contributed by atoms with Crippen molar-refractivity contribution >= 4 is 31.9 Å². The van der Waals surface area contributed by atoms with Gasteiger partial charge in [0.2, 0.25) is 15.9 Å². The lowest BCUT2D eigenvalue weighted by molar-refractivity contribution is -0.126. The number of rotatable bonds is 8. The van der Waals surface area contributed by atoms with E-state index in [1.165, 1.54) is 4.31 Å². The number of sulfonamides is 1. The molecule has 29 heavy (non-hydrogen) atoms. The number of hydrogen-bond acceptors (Lipinski definition) is 4. The normalized spacial score (nSPS) is 15.8. The monoisotopic (exact) mass is 480 g/mol. The summed E-state index contributed by atoms with van der Waals surface area (Å²) >= 11 is 3.37. The molecule has 0 unspecified atom stereocenters. The summed E-state index contributed by atoms with van der Waals surface area (Å²) in [6.45, 7) is 1.56. The lowest BCUT2D eigenvalue weighted by atomic mass is 9.97. The van der Waals surface area contributed by atoms with Crippen LogP contribution in [0, 0.1) is 5.92 Å². The molecular weight excluding hydrogens is 456 g/mol. The Morgan fingerprint density at radius 2 is 1.83 bits per heavy atom. The highest BCUT2D eigenvalue weighted by molar-refractivity contribution is 9.10. The average molecular weight is 481 g/mol. The zero-order chi connectivity index (χ0) is 20.7. The predicted octanol–water partition coefficient (Wildman–Crippen LogP) is 3.19. The van der Waals surface area contributed by atoms with Crippen molar-refractivity contribution in [2.45, 2.75) is 18.6 Å². The molecule has 6 nitrogen and oxygen atoms in total. The topological polar surface area (TPSA) is 75.7 Å². The van der Waals surface area contributed by atoms with E-state index in [9.17, 15) is 13.2 Å². The van der Waals surface area contributed by atoms with Crippen LogP contribution in [-0.2, 0) is 20.6 Å². The molecule has 0 radical (unpaired) electrons. The van der Waals surface area contributed by atoms with Crippen molar-refractivity contribution in [2.75, 3.05) is 26.2 Å². The van der Waals surface area contributed by atoms with Gasteiger partial charge in [0.05, 0.1) is 12.3 Å². The molecule has 156 valence electrons. The van der Waals surface area contributed by atoms with Gasteiger partial charge in [0.25, 0.3) is 0 Å². The molecule has 0 spiro atoms. The Bertz CT molecular complexity index is 913. The third-order valence-corrected chi connectivity index (χ3v) is 7.21. The number of piperidine rings is 1. The molecule has 1 amide bonds. The van der Waals surface area contributed by atoms with Crippen molar-refractivity contribution in [1.82, 2.24) is 9.62 Å². The van der Waals surface area contributed by atoms with Crippen LogP contribution < -0.4 is 10.1 Å². The van der Waals surface area contributed by atoms with Crippen LogP contribution in [0.4, 0.5) is 0 Å². The van der Waals surface area contributed by atoms with Gasteiger partial charge in [-0.15, -0.1) is 0 Å². The summed E-state index contributed by atoms with van der Waals surface area (Å²) in [5.41, 5.74) is 0.748. The van der Waals surface area contributed by atoms with Gasteiger partial charge in [-0.05, 0) is 42.7 Å². The van der Waals surface area contributed by atoms with Crippen LogP contribution in [0.2, 0.25) is 0 Å². The number of para-hydroxylation sites is 1. The first-order valence-corrected chi connectivity index (χ1v) is 12.0. The summed E-state index contributed by atoms with van der Waals surface area (Å²) in [4.78, 5) is 12.4. The third kappa shape index (κ3) is 6.55. The maximum absolute atomic E-state index is 12.7. The fraction of sp³-hybridized carbons (Fsp3) is 0.381. The van der Waals surface area contributed by atoms with Gasteiger partial charge in [-0.25, -0.2) is 12.7 Å². The number of halogens is 1. The van der Waals surface area contributed by atoms with E-state index in [2.05, 4.69) is 21.2 Å². The van der Waals surface area contributed by atoms with Crippen LogP contribution in [0.15, 0.2) is 59.1 Å². The molecule has 1 aliphatic rings. The minimum atomic E-state index is -3.39. The standard InChI is InChI=1S/C21H25BrN2O4S/c22-19-6-4-5-17(15-19)16-29(26,27)24-12-9-18(10-13-24)21(25)23-11-14-28-20-7-2-1-3-8-20/h1-8,15,18H,9-14,16H2,(H,23,25). The molecule has 1 fully saturated rings. The molecule has 1 aliphatic heterocycles. The SMILES string of the molecule is O=C(NCCOc1ccccc1)C1CCN(S(=O)(=O)Cc2cccc(Br)c2)CC1. The fourth-order valence-electron chi connectivity index (χ4n) is 3.33. The lowest BCUT2D eigenvalue weighted by Crippen LogP contribution is -2.43. The molecule has 0 bridgehead atoms. The quantitative estimate of drug-likeness (QED) is 0.588. The molecule has 1 saturated heterocycles. The molecule has 8 heteroatoms. The summed E-state index contributed by atoms with van der Waals surface area (Å²) in [5.74, 6) is 0.542. The number of benzene rings is 2. The summed E-state index contributed by atoms with van der Waals surface area (Å²) in [5, 5.41) is 2.89. The highest BCUT2D eigenvalue weighted by Gasteiger charge is 2.31. The Hall–Kier alpha value is -1.90. The number of hydrogen-bond donors (Lipinski definition) is 1. The second-order valence-electron chi connectivity index (χ2n) is 7.01. The van der Waals surface area contributed by atoms with Crippen molar-refractivity contribution in [2.24, 2.45) is 5.92 Å². The fourth-order valence-corrected chi connectivity index (χ4v) is 5.33. The second-order valence-corrected chi connectivity index (χ2v) is 9.90. The Kier molecular flexibility index (Phi) is 7.69. The minimum absolute atomic E-state index is 0.0277. The van der Waals surface area contributed by atoms with E-state index in [-0.39, 0.29) is 17.6 Å². The van der Waals surface area contributed by atoms with Gasteiger partial charge in [0.15, 0.2) is 0 Å². The maximum Gasteiger partial charge on any atom is 0.223 e. The van der Waals surface area contributed by atoms with Crippen molar-refractivity contribution < 1.29 is 17.9 Å². The zero-order valence-electron chi connectivity index (χ0n) is 16.1. The van der Waals surface area contributed by atoms with Crippen LogP contribution in [0.3, 0.4) is 0 Å². The van der Waals surface area contributed by atoms with E-state index < -0.39 is 10.0 Å². The summed E-state index contributed by atoms with van der Waals surface area (Å²) < 4.78 is 33.3. The Balaban J connectivity index is 1.41. The molecular formula is C21H25BrN2O4S. The number of carbonyl (C=O) groups is 1. The van der Waals surface area contributed by atoms with Crippen molar-refractivity contribution in [3.8, 4) is 5.75 Å². The smallest absolute Gasteiger partial charge is 0.223 e. The average Bonchev–Trinajstić information content (AvgIpc) is 2.71. The van der Waals surface area contributed by atoms with Crippen LogP contribution in [0.25, 0.3) is 0 Å². The van der Waals surface area contributed by atoms with E-state index in [0.29, 0.717) is 39.1 Å². The molecule has 1 N–H and O–H groups in total. The van der Waals surface area contributed by atoms with E-state index in [0.717, 1.165) is 15.8 Å². The van der Waals surface area contributed by atoms with Gasteiger partial charge in [-0.3, -0.25) is 4.79 Å². The van der Waals surface area contributed by atoms with Crippen LogP contribution >= 0.6 is 15.9 Å². The third-order valence-electron chi connectivity index (χ3n) is 4.87. The van der Waals surface area contributed by atoms with E-state index in [1.54, 1.807) is 6.07 Å². The van der Waals surface area contributed by atoms with Crippen LogP contribution in [0.1, 0.15) is 18.4 Å². The maximum atomic E-state index is 12.7. The van der Waals surface area contributed by atoms with Crippen LogP contribution in [0.5, 0.6) is 5.75 Å². The number of nitrogens with zero attached hydrogens (tertiary/aromatic N) is 1. The molecule has 3 rings (SSSR count). The lowest BCUT2D eigenvalue weighted by Gasteiger charge is -2.30. The number of amides is 1. The van der Waals surface area contributed by atoms with Gasteiger partial charge < -0.3 is 10.1 Å². The van der Waals surface area contributed by atoms with Crippen molar-refractivity contribution in [1.29, 1.82) is 0 Å². The number of ether oxygens (including phenoxy) is 1. The first-order valence-electron chi connectivity index (χ1n) is 9.62. The first kappa shape index (κ1) is 21.8. The summed E-state index contributed by atoms with van der Waals surface area (Å²) in [6.07, 6.45) is 1.06. The van der Waals surface area contributed by atoms with Crippen LogP contribution in [-0.4, -0.2) is 44.9 Å². The van der Waals surface area contributed by atoms with Crippen molar-refractivity contribution in [3.63, 3.8) is 0 Å². The summed E-state index contributed by atoms with van der Waals surface area (Å²) in [6, 6.07) is 16.8. The molecule has 2 aromatic rings. The minimum Gasteiger partial charge on any atom is -0.492 e. The molecule has 2 aromatic carbocycles. The van der Waals surface area contributed by atoms with E-state index in [1.807, 2.05) is 48.5 Å². The van der Waals surface area contributed by atoms with Gasteiger partial charge >= 0.3 is 0 Å². The Morgan fingerprint density at radius 1 is 1.10 bits per heavy atom. The Morgan fingerprint density at radius 3 is 2.52 bits per heavy atom. The number of carbonyl (C=O) groups excluding carboxylic acids is 1. The predicted molar refractivity (Wildman–Crippen MR) is 116 cm³/mol. The molecule has 0 saturated carbocycles. The second kappa shape index (κ2) is 10.2. The van der Waals surface area contributed by atoms with Gasteiger partial charge in [0.1, 0.15) is 12.4 Å². The zero-order valence-corrected chi connectivity index (χ0v) is 18.5. The first-order chi connectivity index (χ1) is 13.9. The molecule has 0 aliphatic carbocycles. The molecule has 0 atom stereocenters. The van der Waals surface area contributed by atoms with Gasteiger partial charge in [0, 0.05) is 23.5 Å². The van der Waals surface area contributed by atoms with E-state index in [4.69, 9.17) is 4.74 Å². The highest BCUT2D eigenvalue weighted by atomic mass is 79.9. The van der Waals surface area contributed by atoms with Crippen molar-refractivity contribution in [3.05, 3.63) is 64.6 Å². The van der Waals surface area contributed by atoms with Gasteiger partial charge in [-0.1, -0.05) is 46.3 Å². The summed E-state index contributed by atoms with van der Waals surface area (Å²) in [7, 11) is -3.39. The Labute approximate surface area is 180 Å². The van der Waals surface area contributed by atoms with E-state index >= 15 is 0 Å². The number of nitrogens with one attached hydrogen (secondary N) is 1. The molecule has 1 heterocycles. The molecule has 0 aromatic heterocycles.